The summed E-state index contributed by atoms with van der Waals surface area (Å²) in [5.74, 6) is -0.0535. The third-order valence-corrected chi connectivity index (χ3v) is 1.96. The van der Waals surface area contributed by atoms with E-state index in [0.717, 1.165) is 6.54 Å². The minimum absolute atomic E-state index is 0.0535. The fourth-order valence-electron chi connectivity index (χ4n) is 0.916. The number of rotatable bonds is 8. The predicted molar refractivity (Wildman–Crippen MR) is 65.4 cm³/mol. The maximum Gasteiger partial charge on any atom is 0.232 e. The van der Waals surface area contributed by atoms with E-state index >= 15 is 0 Å². The van der Waals surface area contributed by atoms with Gasteiger partial charge in [0.15, 0.2) is 0 Å². The van der Waals surface area contributed by atoms with Crippen molar-refractivity contribution in [2.75, 3.05) is 26.3 Å². The Kier molecular flexibility index (Phi) is 8.85. The summed E-state index contributed by atoms with van der Waals surface area (Å²) >= 11 is 4.01. The lowest BCUT2D eigenvalue weighted by molar-refractivity contribution is -0.120. The number of nitrogens with one attached hydrogen (secondary N) is 2. The number of amides is 1. The normalized spacial score (nSPS) is 12.9. The van der Waals surface area contributed by atoms with E-state index in [1.165, 1.54) is 0 Å². The molecule has 0 aromatic carbocycles. The van der Waals surface area contributed by atoms with E-state index in [2.05, 4.69) is 37.1 Å². The van der Waals surface area contributed by atoms with Crippen LogP contribution in [0.5, 0.6) is 0 Å². The quantitative estimate of drug-likeness (QED) is 0.422. The second-order valence-electron chi connectivity index (χ2n) is 3.69. The van der Waals surface area contributed by atoms with Crippen LogP contribution in [0, 0.1) is 0 Å². The molecule has 0 spiro atoms. The van der Waals surface area contributed by atoms with Crippen molar-refractivity contribution in [3.63, 3.8) is 0 Å². The molecule has 0 radical (unpaired) electrons. The lowest BCUT2D eigenvalue weighted by Gasteiger charge is -2.09. The van der Waals surface area contributed by atoms with E-state index in [1.54, 1.807) is 6.92 Å². The first-order valence-electron chi connectivity index (χ1n) is 5.31. The summed E-state index contributed by atoms with van der Waals surface area (Å²) in [6, 6.07) is 0.485. The average molecular weight is 234 g/mol. The van der Waals surface area contributed by atoms with Crippen LogP contribution in [0.25, 0.3) is 0 Å². The summed E-state index contributed by atoms with van der Waals surface area (Å²) in [6.07, 6.45) is 0. The van der Waals surface area contributed by atoms with Crippen LogP contribution in [-0.2, 0) is 9.53 Å². The molecule has 0 aromatic heterocycles. The number of carbonyl (C=O) groups excluding carboxylic acids is 1. The zero-order chi connectivity index (χ0) is 11.7. The molecule has 0 fully saturated rings. The SMILES string of the molecule is CC(C)NCCOCCNC(=O)C(C)S. The van der Waals surface area contributed by atoms with Crippen molar-refractivity contribution in [2.24, 2.45) is 0 Å². The summed E-state index contributed by atoms with van der Waals surface area (Å²) in [4.78, 5) is 11.1. The summed E-state index contributed by atoms with van der Waals surface area (Å²) in [7, 11) is 0. The van der Waals surface area contributed by atoms with Crippen molar-refractivity contribution in [1.29, 1.82) is 0 Å². The molecule has 0 rings (SSSR count). The summed E-state index contributed by atoms with van der Waals surface area (Å²) < 4.78 is 5.31. The van der Waals surface area contributed by atoms with Crippen molar-refractivity contribution in [2.45, 2.75) is 32.1 Å². The number of hydrogen-bond acceptors (Lipinski definition) is 4. The lowest BCUT2D eigenvalue weighted by atomic mass is 10.4. The molecule has 0 saturated carbocycles. The molecule has 5 heteroatoms. The molecule has 1 unspecified atom stereocenters. The highest BCUT2D eigenvalue weighted by Crippen LogP contribution is 1.90. The van der Waals surface area contributed by atoms with Gasteiger partial charge in [0.25, 0.3) is 0 Å². The number of carbonyl (C=O) groups is 1. The van der Waals surface area contributed by atoms with Gasteiger partial charge in [0.2, 0.25) is 5.91 Å². The van der Waals surface area contributed by atoms with E-state index in [4.69, 9.17) is 4.74 Å². The summed E-state index contributed by atoms with van der Waals surface area (Å²) in [5, 5.41) is 5.70. The third-order valence-electron chi connectivity index (χ3n) is 1.72. The van der Waals surface area contributed by atoms with Gasteiger partial charge in [0, 0.05) is 19.1 Å². The second-order valence-corrected chi connectivity index (χ2v) is 4.46. The van der Waals surface area contributed by atoms with Crippen LogP contribution >= 0.6 is 12.6 Å². The lowest BCUT2D eigenvalue weighted by Crippen LogP contribution is -2.33. The van der Waals surface area contributed by atoms with Crippen molar-refractivity contribution < 1.29 is 9.53 Å². The Morgan fingerprint density at radius 2 is 1.87 bits per heavy atom. The molecule has 0 aliphatic rings. The van der Waals surface area contributed by atoms with Crippen LogP contribution in [0.15, 0.2) is 0 Å². The molecule has 2 N–H and O–H groups in total. The number of ether oxygens (including phenoxy) is 1. The third kappa shape index (κ3) is 10.0. The molecular weight excluding hydrogens is 212 g/mol. The van der Waals surface area contributed by atoms with Gasteiger partial charge in [-0.2, -0.15) is 12.6 Å². The van der Waals surface area contributed by atoms with Gasteiger partial charge >= 0.3 is 0 Å². The van der Waals surface area contributed by atoms with Crippen LogP contribution in [0.3, 0.4) is 0 Å². The average Bonchev–Trinajstić information content (AvgIpc) is 2.15. The van der Waals surface area contributed by atoms with Crippen LogP contribution in [0.1, 0.15) is 20.8 Å². The van der Waals surface area contributed by atoms with E-state index in [-0.39, 0.29) is 11.2 Å². The molecule has 1 atom stereocenters. The molecule has 0 heterocycles. The maximum atomic E-state index is 11.1. The van der Waals surface area contributed by atoms with Crippen LogP contribution in [-0.4, -0.2) is 43.5 Å². The van der Waals surface area contributed by atoms with E-state index in [1.807, 2.05) is 0 Å². The smallest absolute Gasteiger partial charge is 0.232 e. The van der Waals surface area contributed by atoms with Crippen LogP contribution in [0.4, 0.5) is 0 Å². The minimum Gasteiger partial charge on any atom is -0.378 e. The van der Waals surface area contributed by atoms with Crippen molar-refractivity contribution in [3.8, 4) is 0 Å². The molecule has 4 nitrogen and oxygen atoms in total. The maximum absolute atomic E-state index is 11.1. The minimum atomic E-state index is -0.257. The topological polar surface area (TPSA) is 50.4 Å². The van der Waals surface area contributed by atoms with Crippen LogP contribution in [0.2, 0.25) is 0 Å². The zero-order valence-corrected chi connectivity index (χ0v) is 10.6. The molecule has 0 aliphatic heterocycles. The number of thiol groups is 1. The summed E-state index contributed by atoms with van der Waals surface area (Å²) in [5.41, 5.74) is 0. The highest BCUT2D eigenvalue weighted by Gasteiger charge is 2.05. The van der Waals surface area contributed by atoms with Crippen molar-refractivity contribution in [1.82, 2.24) is 10.6 Å². The second kappa shape index (κ2) is 9.00. The monoisotopic (exact) mass is 234 g/mol. The van der Waals surface area contributed by atoms with Gasteiger partial charge in [-0.15, -0.1) is 0 Å². The zero-order valence-electron chi connectivity index (χ0n) is 9.75. The number of hydrogen-bond donors (Lipinski definition) is 3. The highest BCUT2D eigenvalue weighted by atomic mass is 32.1. The van der Waals surface area contributed by atoms with Crippen molar-refractivity contribution >= 4 is 18.5 Å². The van der Waals surface area contributed by atoms with Gasteiger partial charge in [-0.3, -0.25) is 4.79 Å². The molecule has 0 aromatic rings. The van der Waals surface area contributed by atoms with E-state index < -0.39 is 0 Å². The van der Waals surface area contributed by atoms with Gasteiger partial charge in [0.1, 0.15) is 0 Å². The van der Waals surface area contributed by atoms with Gasteiger partial charge in [-0.25, -0.2) is 0 Å². The Bertz CT molecular complexity index is 175. The van der Waals surface area contributed by atoms with Gasteiger partial charge in [0.05, 0.1) is 18.5 Å². The highest BCUT2D eigenvalue weighted by molar-refractivity contribution is 7.81. The van der Waals surface area contributed by atoms with Crippen LogP contribution < -0.4 is 10.6 Å². The largest absolute Gasteiger partial charge is 0.378 e. The van der Waals surface area contributed by atoms with Gasteiger partial charge in [-0.05, 0) is 6.92 Å². The summed E-state index contributed by atoms with van der Waals surface area (Å²) in [6.45, 7) is 8.53. The van der Waals surface area contributed by atoms with Crippen molar-refractivity contribution in [3.05, 3.63) is 0 Å². The fraction of sp³-hybridized carbons (Fsp3) is 0.900. The Morgan fingerprint density at radius 3 is 2.40 bits per heavy atom. The molecule has 1 amide bonds. The standard InChI is InChI=1S/C10H22N2O2S/c1-8(2)11-4-6-14-7-5-12-10(13)9(3)15/h8-9,11,15H,4-7H2,1-3H3,(H,12,13). The molecule has 90 valence electrons. The first kappa shape index (κ1) is 14.7. The first-order valence-corrected chi connectivity index (χ1v) is 5.82. The van der Waals surface area contributed by atoms with Gasteiger partial charge in [-0.1, -0.05) is 13.8 Å². The first-order chi connectivity index (χ1) is 7.04. The fourth-order valence-corrected chi connectivity index (χ4v) is 1.01. The molecule has 0 aliphatic carbocycles. The Balaban J connectivity index is 3.15. The Morgan fingerprint density at radius 1 is 1.27 bits per heavy atom. The molecule has 15 heavy (non-hydrogen) atoms. The molecular formula is C10H22N2O2S. The molecule has 0 saturated heterocycles. The Hall–Kier alpha value is -0.260. The van der Waals surface area contributed by atoms with E-state index in [9.17, 15) is 4.79 Å². The predicted octanol–water partition coefficient (Wildman–Crippen LogP) is 0.435. The molecule has 0 bridgehead atoms. The van der Waals surface area contributed by atoms with Gasteiger partial charge < -0.3 is 15.4 Å². The Labute approximate surface area is 97.6 Å². The van der Waals surface area contributed by atoms with E-state index in [0.29, 0.717) is 25.8 Å².